The number of aliphatic carboxylic acids is 1. The van der Waals surface area contributed by atoms with Crippen molar-refractivity contribution in [2.75, 3.05) is 13.2 Å². The Morgan fingerprint density at radius 2 is 1.83 bits per heavy atom. The lowest BCUT2D eigenvalue weighted by Gasteiger charge is -2.10. The van der Waals surface area contributed by atoms with Crippen LogP contribution in [0.2, 0.25) is 0 Å². The van der Waals surface area contributed by atoms with Crippen LogP contribution in [-0.4, -0.2) is 28.9 Å². The minimum atomic E-state index is -0.949. The summed E-state index contributed by atoms with van der Waals surface area (Å²) in [5.74, 6) is -0.0220. The number of carboxylic acids is 1. The van der Waals surface area contributed by atoms with Gasteiger partial charge >= 0.3 is 5.97 Å². The lowest BCUT2D eigenvalue weighted by molar-refractivity contribution is -0.137. The molecule has 0 atom stereocenters. The summed E-state index contributed by atoms with van der Waals surface area (Å²) in [5.41, 5.74) is 0.809. The zero-order valence-electron chi connectivity index (χ0n) is 12.9. The first kappa shape index (κ1) is 16.6. The third kappa shape index (κ3) is 5.18. The lowest BCUT2D eigenvalue weighted by atomic mass is 10.2. The van der Waals surface area contributed by atoms with E-state index < -0.39 is 5.97 Å². The number of rotatable bonds is 8. The maximum Gasteiger partial charge on any atom is 0.305 e. The molecule has 0 bridgehead atoms. The highest BCUT2D eigenvalue weighted by molar-refractivity contribution is 5.66. The number of hydrogen-bond acceptors (Lipinski definition) is 4. The number of ether oxygens (including phenoxy) is 2. The van der Waals surface area contributed by atoms with Crippen LogP contribution in [0.1, 0.15) is 12.0 Å². The van der Waals surface area contributed by atoms with Gasteiger partial charge in [-0.15, -0.1) is 0 Å². The Morgan fingerprint density at radius 1 is 1.13 bits per heavy atom. The van der Waals surface area contributed by atoms with Gasteiger partial charge in [0.15, 0.2) is 5.75 Å². The number of aryl methyl sites for hydroxylation is 2. The second kappa shape index (κ2) is 8.03. The predicted octanol–water partition coefficient (Wildman–Crippen LogP) is 2.09. The van der Waals surface area contributed by atoms with Crippen LogP contribution in [0.5, 0.6) is 11.5 Å². The fourth-order valence-electron chi connectivity index (χ4n) is 1.96. The van der Waals surface area contributed by atoms with Crippen LogP contribution in [-0.2, 0) is 11.3 Å². The van der Waals surface area contributed by atoms with Crippen molar-refractivity contribution in [2.45, 2.75) is 19.9 Å². The monoisotopic (exact) mass is 317 g/mol. The molecule has 0 fully saturated rings. The number of aromatic nitrogens is 1. The number of hydrogen-bond donors (Lipinski definition) is 1. The van der Waals surface area contributed by atoms with Crippen molar-refractivity contribution in [3.8, 4) is 11.5 Å². The highest BCUT2D eigenvalue weighted by atomic mass is 16.5. The summed E-state index contributed by atoms with van der Waals surface area (Å²) < 4.78 is 12.3. The van der Waals surface area contributed by atoms with E-state index >= 15 is 0 Å². The molecule has 2 aromatic rings. The van der Waals surface area contributed by atoms with Crippen molar-refractivity contribution in [3.63, 3.8) is 0 Å². The molecule has 122 valence electrons. The van der Waals surface area contributed by atoms with E-state index in [1.54, 1.807) is 18.3 Å². The largest absolute Gasteiger partial charge is 0.490 e. The van der Waals surface area contributed by atoms with Crippen molar-refractivity contribution in [2.24, 2.45) is 0 Å². The smallest absolute Gasteiger partial charge is 0.305 e. The summed E-state index contributed by atoms with van der Waals surface area (Å²) in [6, 6.07) is 10.9. The van der Waals surface area contributed by atoms with Crippen molar-refractivity contribution >= 4 is 5.97 Å². The standard InChI is InChI=1S/C17H19NO5/c1-13-4-6-14(7-5-13)22-11-12-23-15-3-2-9-18(17(15)21)10-8-16(19)20/h2-7,9H,8,10-12H2,1H3,(H,19,20). The van der Waals surface area contributed by atoms with Gasteiger partial charge in [-0.05, 0) is 31.2 Å². The average molecular weight is 317 g/mol. The van der Waals surface area contributed by atoms with E-state index in [-0.39, 0.29) is 30.9 Å². The second-order valence-corrected chi connectivity index (χ2v) is 5.02. The number of carbonyl (C=O) groups is 1. The van der Waals surface area contributed by atoms with Gasteiger partial charge < -0.3 is 19.1 Å². The third-order valence-electron chi connectivity index (χ3n) is 3.18. The fourth-order valence-corrected chi connectivity index (χ4v) is 1.96. The lowest BCUT2D eigenvalue weighted by Crippen LogP contribution is -2.23. The molecule has 0 aliphatic carbocycles. The molecule has 2 rings (SSSR count). The highest BCUT2D eigenvalue weighted by Crippen LogP contribution is 2.11. The van der Waals surface area contributed by atoms with Gasteiger partial charge in [0.2, 0.25) is 0 Å². The van der Waals surface area contributed by atoms with Crippen LogP contribution < -0.4 is 15.0 Å². The first-order chi connectivity index (χ1) is 11.1. The first-order valence-corrected chi connectivity index (χ1v) is 7.30. The third-order valence-corrected chi connectivity index (χ3v) is 3.18. The molecule has 1 heterocycles. The molecule has 0 amide bonds. The Hall–Kier alpha value is -2.76. The minimum Gasteiger partial charge on any atom is -0.490 e. The molecule has 6 heteroatoms. The fraction of sp³-hybridized carbons (Fsp3) is 0.294. The molecule has 0 spiro atoms. The van der Waals surface area contributed by atoms with Crippen LogP contribution >= 0.6 is 0 Å². The van der Waals surface area contributed by atoms with Crippen LogP contribution in [0, 0.1) is 6.92 Å². The number of nitrogens with zero attached hydrogens (tertiary/aromatic N) is 1. The Balaban J connectivity index is 1.85. The van der Waals surface area contributed by atoms with E-state index in [4.69, 9.17) is 14.6 Å². The molecule has 1 aromatic carbocycles. The van der Waals surface area contributed by atoms with Gasteiger partial charge in [-0.1, -0.05) is 17.7 Å². The minimum absolute atomic E-state index is 0.111. The summed E-state index contributed by atoms with van der Waals surface area (Å²) >= 11 is 0. The average Bonchev–Trinajstić information content (AvgIpc) is 2.53. The number of carboxylic acid groups (broad SMARTS) is 1. The van der Waals surface area contributed by atoms with Crippen LogP contribution in [0.25, 0.3) is 0 Å². The molecule has 1 N–H and O–H groups in total. The molecule has 6 nitrogen and oxygen atoms in total. The zero-order chi connectivity index (χ0) is 16.7. The highest BCUT2D eigenvalue weighted by Gasteiger charge is 2.06. The van der Waals surface area contributed by atoms with Crippen LogP contribution in [0.4, 0.5) is 0 Å². The van der Waals surface area contributed by atoms with E-state index in [0.717, 1.165) is 11.3 Å². The Bertz CT molecular complexity index is 706. The van der Waals surface area contributed by atoms with Crippen molar-refractivity contribution < 1.29 is 19.4 Å². The van der Waals surface area contributed by atoms with Crippen molar-refractivity contribution in [1.29, 1.82) is 0 Å². The molecule has 0 saturated carbocycles. The van der Waals surface area contributed by atoms with E-state index in [0.29, 0.717) is 6.61 Å². The maximum absolute atomic E-state index is 12.1. The predicted molar refractivity (Wildman–Crippen MR) is 85.1 cm³/mol. The second-order valence-electron chi connectivity index (χ2n) is 5.02. The Morgan fingerprint density at radius 3 is 2.52 bits per heavy atom. The molecule has 23 heavy (non-hydrogen) atoms. The van der Waals surface area contributed by atoms with Gasteiger partial charge in [0.05, 0.1) is 6.42 Å². The summed E-state index contributed by atoms with van der Waals surface area (Å²) in [6.07, 6.45) is 1.43. The first-order valence-electron chi connectivity index (χ1n) is 7.30. The van der Waals surface area contributed by atoms with Gasteiger partial charge in [-0.3, -0.25) is 9.59 Å². The molecule has 0 unspecified atom stereocenters. The van der Waals surface area contributed by atoms with E-state index in [1.807, 2.05) is 31.2 Å². The summed E-state index contributed by atoms with van der Waals surface area (Å²) in [4.78, 5) is 22.7. The van der Waals surface area contributed by atoms with Gasteiger partial charge in [0.25, 0.3) is 5.56 Å². The summed E-state index contributed by atoms with van der Waals surface area (Å²) in [6.45, 7) is 2.65. The normalized spacial score (nSPS) is 10.3. The molecular weight excluding hydrogens is 298 g/mol. The molecular formula is C17H19NO5. The Kier molecular flexibility index (Phi) is 5.80. The van der Waals surface area contributed by atoms with Crippen molar-refractivity contribution in [3.05, 3.63) is 58.5 Å². The van der Waals surface area contributed by atoms with E-state index in [2.05, 4.69) is 0 Å². The van der Waals surface area contributed by atoms with Crippen LogP contribution in [0.15, 0.2) is 47.4 Å². The summed E-state index contributed by atoms with van der Waals surface area (Å²) in [5, 5.41) is 8.67. The van der Waals surface area contributed by atoms with E-state index in [1.165, 1.54) is 4.57 Å². The topological polar surface area (TPSA) is 77.8 Å². The van der Waals surface area contributed by atoms with Crippen molar-refractivity contribution in [1.82, 2.24) is 4.57 Å². The molecule has 1 aromatic heterocycles. The molecule has 0 saturated heterocycles. The molecule has 0 aliphatic heterocycles. The summed E-state index contributed by atoms with van der Waals surface area (Å²) in [7, 11) is 0. The van der Waals surface area contributed by atoms with Gasteiger partial charge in [-0.2, -0.15) is 0 Å². The van der Waals surface area contributed by atoms with Gasteiger partial charge in [0.1, 0.15) is 19.0 Å². The Labute approximate surface area is 133 Å². The zero-order valence-corrected chi connectivity index (χ0v) is 12.9. The van der Waals surface area contributed by atoms with Crippen LogP contribution in [0.3, 0.4) is 0 Å². The number of pyridine rings is 1. The quantitative estimate of drug-likeness (QED) is 0.754. The SMILES string of the molecule is Cc1ccc(OCCOc2cccn(CCC(=O)O)c2=O)cc1. The molecule has 0 aliphatic rings. The van der Waals surface area contributed by atoms with Gasteiger partial charge in [-0.25, -0.2) is 0 Å². The van der Waals surface area contributed by atoms with Gasteiger partial charge in [0, 0.05) is 12.7 Å². The number of benzene rings is 1. The maximum atomic E-state index is 12.1. The van der Waals surface area contributed by atoms with E-state index in [9.17, 15) is 9.59 Å². The molecule has 0 radical (unpaired) electrons.